The molecule has 5 heteroatoms. The average molecular weight is 298 g/mol. The molecule has 116 valence electrons. The molecule has 0 saturated carbocycles. The summed E-state index contributed by atoms with van der Waals surface area (Å²) in [5.41, 5.74) is 1.04. The van der Waals surface area contributed by atoms with Crippen LogP contribution in [0.4, 0.5) is 5.82 Å². The summed E-state index contributed by atoms with van der Waals surface area (Å²) in [5, 5.41) is 4.35. The van der Waals surface area contributed by atoms with Crippen LogP contribution < -0.4 is 4.90 Å². The van der Waals surface area contributed by atoms with E-state index >= 15 is 0 Å². The highest BCUT2D eigenvalue weighted by Crippen LogP contribution is 2.31. The van der Waals surface area contributed by atoms with Gasteiger partial charge in [-0.25, -0.2) is 4.68 Å². The number of fused-ring (bicyclic) bond motifs is 1. The monoisotopic (exact) mass is 298 g/mol. The fourth-order valence-electron chi connectivity index (χ4n) is 3.22. The van der Waals surface area contributed by atoms with E-state index in [1.807, 2.05) is 33.8 Å². The fraction of sp³-hybridized carbons (Fsp3) is 0.471. The first-order valence-corrected chi connectivity index (χ1v) is 7.92. The van der Waals surface area contributed by atoms with Gasteiger partial charge in [-0.1, -0.05) is 6.07 Å². The molecule has 0 saturated heterocycles. The van der Waals surface area contributed by atoms with Crippen molar-refractivity contribution in [3.05, 3.63) is 42.4 Å². The molecule has 0 fully saturated rings. The van der Waals surface area contributed by atoms with Crippen LogP contribution in [-0.4, -0.2) is 26.7 Å². The molecule has 3 heterocycles. The molecule has 2 atom stereocenters. The van der Waals surface area contributed by atoms with Gasteiger partial charge in [0.1, 0.15) is 5.82 Å². The van der Waals surface area contributed by atoms with Crippen LogP contribution in [0.2, 0.25) is 0 Å². The van der Waals surface area contributed by atoms with Crippen LogP contribution >= 0.6 is 0 Å². The predicted molar refractivity (Wildman–Crippen MR) is 85.7 cm³/mol. The minimum Gasteiger partial charge on any atom is -0.294 e. The lowest BCUT2D eigenvalue weighted by atomic mass is 10.0. The highest BCUT2D eigenvalue weighted by molar-refractivity contribution is 5.93. The summed E-state index contributed by atoms with van der Waals surface area (Å²) in [7, 11) is 0. The molecule has 1 aliphatic heterocycles. The zero-order chi connectivity index (χ0) is 15.5. The van der Waals surface area contributed by atoms with Crippen molar-refractivity contribution in [1.29, 1.82) is 0 Å². The lowest BCUT2D eigenvalue weighted by molar-refractivity contribution is -0.119. The molecule has 0 aromatic carbocycles. The third kappa shape index (κ3) is 2.89. The summed E-state index contributed by atoms with van der Waals surface area (Å²) >= 11 is 0. The van der Waals surface area contributed by atoms with E-state index in [4.69, 9.17) is 0 Å². The number of anilines is 1. The van der Waals surface area contributed by atoms with E-state index in [-0.39, 0.29) is 11.9 Å². The Kier molecular flexibility index (Phi) is 4.22. The van der Waals surface area contributed by atoms with Crippen LogP contribution in [0, 0.1) is 0 Å². The topological polar surface area (TPSA) is 51.0 Å². The van der Waals surface area contributed by atoms with Crippen molar-refractivity contribution < 1.29 is 4.79 Å². The first kappa shape index (κ1) is 14.8. The Morgan fingerprint density at radius 2 is 2.09 bits per heavy atom. The second-order valence-electron chi connectivity index (χ2n) is 6.01. The molecule has 1 amide bonds. The number of hydrogen-bond donors (Lipinski definition) is 0. The van der Waals surface area contributed by atoms with Crippen molar-refractivity contribution >= 4 is 11.7 Å². The third-order valence-electron chi connectivity index (χ3n) is 4.26. The number of carbonyl (C=O) groups excluding carboxylic acids is 1. The van der Waals surface area contributed by atoms with Crippen molar-refractivity contribution in [3.63, 3.8) is 0 Å². The SMILES string of the molecule is CC1CC(C)n2nccc2N1C(=O)CCCc1ccccn1. The standard InChI is InChI=1S/C17H22N4O/c1-13-12-14(2)21-16(9-11-19-21)20(13)17(22)8-5-7-15-6-3-4-10-18-15/h3-4,6,9-11,13-14H,5,7-8,12H2,1-2H3. The summed E-state index contributed by atoms with van der Waals surface area (Å²) in [4.78, 5) is 18.8. The van der Waals surface area contributed by atoms with Gasteiger partial charge < -0.3 is 0 Å². The molecule has 0 aliphatic carbocycles. The Labute approximate surface area is 131 Å². The Morgan fingerprint density at radius 1 is 1.23 bits per heavy atom. The molecular formula is C17H22N4O. The van der Waals surface area contributed by atoms with E-state index in [0.717, 1.165) is 30.8 Å². The number of amides is 1. The zero-order valence-corrected chi connectivity index (χ0v) is 13.1. The molecule has 5 nitrogen and oxygen atoms in total. The van der Waals surface area contributed by atoms with Crippen molar-refractivity contribution in [3.8, 4) is 0 Å². The highest BCUT2D eigenvalue weighted by Gasteiger charge is 2.31. The first-order chi connectivity index (χ1) is 10.7. The Bertz CT molecular complexity index is 637. The zero-order valence-electron chi connectivity index (χ0n) is 13.1. The van der Waals surface area contributed by atoms with Crippen LogP contribution in [-0.2, 0) is 11.2 Å². The number of rotatable bonds is 4. The fourth-order valence-corrected chi connectivity index (χ4v) is 3.22. The van der Waals surface area contributed by atoms with E-state index in [2.05, 4.69) is 23.9 Å². The lowest BCUT2D eigenvalue weighted by Crippen LogP contribution is -2.44. The highest BCUT2D eigenvalue weighted by atomic mass is 16.2. The molecule has 0 spiro atoms. The van der Waals surface area contributed by atoms with Gasteiger partial charge in [0.05, 0.1) is 12.2 Å². The van der Waals surface area contributed by atoms with Gasteiger partial charge in [-0.3, -0.25) is 14.7 Å². The number of aryl methyl sites for hydroxylation is 1. The molecule has 22 heavy (non-hydrogen) atoms. The number of nitrogens with zero attached hydrogens (tertiary/aromatic N) is 4. The van der Waals surface area contributed by atoms with E-state index in [1.165, 1.54) is 0 Å². The van der Waals surface area contributed by atoms with Crippen molar-refractivity contribution in [2.24, 2.45) is 0 Å². The van der Waals surface area contributed by atoms with Gasteiger partial charge >= 0.3 is 0 Å². The largest absolute Gasteiger partial charge is 0.294 e. The van der Waals surface area contributed by atoms with Gasteiger partial charge in [-0.05, 0) is 45.2 Å². The Morgan fingerprint density at radius 3 is 2.86 bits per heavy atom. The van der Waals surface area contributed by atoms with Gasteiger partial charge in [0.2, 0.25) is 5.91 Å². The molecular weight excluding hydrogens is 276 g/mol. The van der Waals surface area contributed by atoms with Gasteiger partial charge in [0.25, 0.3) is 0 Å². The summed E-state index contributed by atoms with van der Waals surface area (Å²) in [6.07, 6.45) is 6.72. The predicted octanol–water partition coefficient (Wildman–Crippen LogP) is 2.99. The van der Waals surface area contributed by atoms with Gasteiger partial charge in [0, 0.05) is 30.4 Å². The molecule has 3 rings (SSSR count). The van der Waals surface area contributed by atoms with E-state index < -0.39 is 0 Å². The van der Waals surface area contributed by atoms with E-state index in [0.29, 0.717) is 12.5 Å². The van der Waals surface area contributed by atoms with Crippen molar-refractivity contribution in [2.45, 2.75) is 51.6 Å². The first-order valence-electron chi connectivity index (χ1n) is 7.92. The molecule has 1 aliphatic rings. The molecule has 0 N–H and O–H groups in total. The number of pyridine rings is 1. The summed E-state index contributed by atoms with van der Waals surface area (Å²) < 4.78 is 1.96. The van der Waals surface area contributed by atoms with E-state index in [1.54, 1.807) is 12.4 Å². The third-order valence-corrected chi connectivity index (χ3v) is 4.26. The summed E-state index contributed by atoms with van der Waals surface area (Å²) in [6, 6.07) is 8.40. The van der Waals surface area contributed by atoms with Crippen LogP contribution in [0.1, 0.15) is 44.8 Å². The smallest absolute Gasteiger partial charge is 0.228 e. The average Bonchev–Trinajstić information content (AvgIpc) is 2.98. The lowest BCUT2D eigenvalue weighted by Gasteiger charge is -2.37. The quantitative estimate of drug-likeness (QED) is 0.872. The second-order valence-corrected chi connectivity index (χ2v) is 6.01. The maximum atomic E-state index is 12.6. The van der Waals surface area contributed by atoms with Crippen LogP contribution in [0.25, 0.3) is 0 Å². The van der Waals surface area contributed by atoms with Crippen LogP contribution in [0.3, 0.4) is 0 Å². The van der Waals surface area contributed by atoms with Crippen LogP contribution in [0.15, 0.2) is 36.7 Å². The minimum atomic E-state index is 0.178. The molecule has 2 unspecified atom stereocenters. The van der Waals surface area contributed by atoms with Gasteiger partial charge in [-0.2, -0.15) is 5.10 Å². The molecule has 0 bridgehead atoms. The number of carbonyl (C=O) groups is 1. The Hall–Kier alpha value is -2.17. The maximum absolute atomic E-state index is 12.6. The molecule has 2 aromatic heterocycles. The molecule has 0 radical (unpaired) electrons. The maximum Gasteiger partial charge on any atom is 0.228 e. The van der Waals surface area contributed by atoms with Crippen molar-refractivity contribution in [1.82, 2.24) is 14.8 Å². The van der Waals surface area contributed by atoms with Crippen LogP contribution in [0.5, 0.6) is 0 Å². The van der Waals surface area contributed by atoms with E-state index in [9.17, 15) is 4.79 Å². The van der Waals surface area contributed by atoms with Crippen molar-refractivity contribution in [2.75, 3.05) is 4.90 Å². The number of hydrogen-bond acceptors (Lipinski definition) is 3. The van der Waals surface area contributed by atoms with Gasteiger partial charge in [-0.15, -0.1) is 0 Å². The number of aromatic nitrogens is 3. The Balaban J connectivity index is 1.64. The summed E-state index contributed by atoms with van der Waals surface area (Å²) in [6.45, 7) is 4.26. The minimum absolute atomic E-state index is 0.178. The normalized spacial score (nSPS) is 20.7. The van der Waals surface area contributed by atoms with Gasteiger partial charge in [0.15, 0.2) is 0 Å². The summed E-state index contributed by atoms with van der Waals surface area (Å²) in [5.74, 6) is 1.10. The second kappa shape index (κ2) is 6.30. The molecule has 2 aromatic rings.